The summed E-state index contributed by atoms with van der Waals surface area (Å²) in [6.07, 6.45) is 0.602. The van der Waals surface area contributed by atoms with Crippen LogP contribution in [-0.4, -0.2) is 20.1 Å². The Hall–Kier alpha value is -3.77. The summed E-state index contributed by atoms with van der Waals surface area (Å²) in [6.45, 7) is 4.13. The first-order valence-electron chi connectivity index (χ1n) is 10.2. The Labute approximate surface area is 182 Å². The lowest BCUT2D eigenvalue weighted by Gasteiger charge is -2.11. The van der Waals surface area contributed by atoms with Crippen LogP contribution >= 0.6 is 0 Å². The Morgan fingerprint density at radius 3 is 1.97 bits per heavy atom. The molecule has 6 nitrogen and oxygen atoms in total. The minimum Gasteiger partial charge on any atom is -0.392 e. The molecule has 0 saturated carbocycles. The van der Waals surface area contributed by atoms with Crippen molar-refractivity contribution < 1.29 is 5.11 Å². The van der Waals surface area contributed by atoms with E-state index in [1.54, 1.807) is 0 Å². The van der Waals surface area contributed by atoms with Gasteiger partial charge in [-0.25, -0.2) is 0 Å². The summed E-state index contributed by atoms with van der Waals surface area (Å²) in [5, 5.41) is 15.8. The maximum Gasteiger partial charge on any atom is 0.232 e. The fourth-order valence-corrected chi connectivity index (χ4v) is 3.29. The quantitative estimate of drug-likeness (QED) is 0.394. The van der Waals surface area contributed by atoms with Crippen molar-refractivity contribution >= 4 is 23.3 Å². The van der Waals surface area contributed by atoms with E-state index < -0.39 is 0 Å². The first-order chi connectivity index (χ1) is 15.1. The van der Waals surface area contributed by atoms with Gasteiger partial charge in [0.1, 0.15) is 5.82 Å². The number of rotatable bonds is 7. The molecule has 6 heteroatoms. The summed E-state index contributed by atoms with van der Waals surface area (Å²) in [5.41, 5.74) is 6.11. The summed E-state index contributed by atoms with van der Waals surface area (Å²) in [6, 6.07) is 23.9. The minimum atomic E-state index is 0.0111. The molecule has 1 aromatic heterocycles. The molecule has 31 heavy (non-hydrogen) atoms. The van der Waals surface area contributed by atoms with E-state index in [0.717, 1.165) is 28.1 Å². The highest BCUT2D eigenvalue weighted by molar-refractivity contribution is 5.58. The van der Waals surface area contributed by atoms with E-state index in [4.69, 9.17) is 0 Å². The van der Waals surface area contributed by atoms with Crippen molar-refractivity contribution in [1.29, 1.82) is 0 Å². The van der Waals surface area contributed by atoms with Gasteiger partial charge in [0.2, 0.25) is 11.9 Å². The number of aromatic nitrogens is 3. The van der Waals surface area contributed by atoms with Gasteiger partial charge in [-0.2, -0.15) is 15.0 Å². The lowest BCUT2D eigenvalue weighted by atomic mass is 10.1. The average molecular weight is 412 g/mol. The molecule has 0 bridgehead atoms. The Bertz CT molecular complexity index is 1110. The molecule has 0 spiro atoms. The number of nitrogens with zero attached hydrogens (tertiary/aromatic N) is 3. The van der Waals surface area contributed by atoms with Crippen LogP contribution in [0, 0.1) is 13.8 Å². The zero-order valence-corrected chi connectivity index (χ0v) is 17.6. The molecule has 0 atom stereocenters. The van der Waals surface area contributed by atoms with Gasteiger partial charge < -0.3 is 15.7 Å². The predicted molar refractivity (Wildman–Crippen MR) is 124 cm³/mol. The van der Waals surface area contributed by atoms with Crippen molar-refractivity contribution in [3.63, 3.8) is 0 Å². The van der Waals surface area contributed by atoms with Gasteiger partial charge in [0.05, 0.1) is 6.61 Å². The fraction of sp³-hybridized carbons (Fsp3) is 0.160. The third-order valence-electron chi connectivity index (χ3n) is 4.79. The van der Waals surface area contributed by atoms with Crippen LogP contribution in [0.5, 0.6) is 0 Å². The van der Waals surface area contributed by atoms with Gasteiger partial charge in [-0.3, -0.25) is 0 Å². The van der Waals surface area contributed by atoms with Crippen LogP contribution in [-0.2, 0) is 13.0 Å². The Morgan fingerprint density at radius 1 is 0.677 bits per heavy atom. The van der Waals surface area contributed by atoms with Gasteiger partial charge in [0.15, 0.2) is 0 Å². The van der Waals surface area contributed by atoms with E-state index in [-0.39, 0.29) is 6.61 Å². The maximum atomic E-state index is 9.25. The summed E-state index contributed by atoms with van der Waals surface area (Å²) < 4.78 is 0. The highest BCUT2D eigenvalue weighted by Crippen LogP contribution is 2.20. The third kappa shape index (κ3) is 5.65. The molecule has 0 aliphatic rings. The number of hydrogen-bond acceptors (Lipinski definition) is 6. The van der Waals surface area contributed by atoms with Gasteiger partial charge in [-0.05, 0) is 54.8 Å². The van der Waals surface area contributed by atoms with E-state index in [9.17, 15) is 5.11 Å². The summed E-state index contributed by atoms with van der Waals surface area (Å²) in [7, 11) is 0. The summed E-state index contributed by atoms with van der Waals surface area (Å²) in [5.74, 6) is 1.62. The molecule has 0 radical (unpaired) electrons. The standard InChI is InChI=1S/C25H25N5O/c1-17-5-3-7-20(13-17)15-23-28-24(26-21-11-9-19(16-31)10-12-21)30-25(29-23)27-22-8-4-6-18(2)14-22/h3-14,31H,15-16H2,1-2H3,(H2,26,27,28,29,30). The topological polar surface area (TPSA) is 83.0 Å². The van der Waals surface area contributed by atoms with Crippen molar-refractivity contribution in [3.05, 3.63) is 101 Å². The summed E-state index contributed by atoms with van der Waals surface area (Å²) >= 11 is 0. The van der Waals surface area contributed by atoms with Crippen molar-refractivity contribution in [2.75, 3.05) is 10.6 Å². The molecule has 0 amide bonds. The molecule has 0 aliphatic carbocycles. The number of hydrogen-bond donors (Lipinski definition) is 3. The van der Waals surface area contributed by atoms with Gasteiger partial charge in [0, 0.05) is 17.8 Å². The van der Waals surface area contributed by atoms with E-state index in [2.05, 4.69) is 50.7 Å². The number of anilines is 4. The van der Waals surface area contributed by atoms with Crippen molar-refractivity contribution in [2.45, 2.75) is 26.9 Å². The van der Waals surface area contributed by atoms with Gasteiger partial charge in [-0.1, -0.05) is 54.1 Å². The molecule has 0 fully saturated rings. The minimum absolute atomic E-state index is 0.0111. The Kier molecular flexibility index (Phi) is 6.19. The van der Waals surface area contributed by atoms with Gasteiger partial charge in [0.25, 0.3) is 0 Å². The molecule has 3 aromatic carbocycles. The summed E-state index contributed by atoms with van der Waals surface area (Å²) in [4.78, 5) is 13.8. The number of aliphatic hydroxyl groups is 1. The number of aliphatic hydroxyl groups excluding tert-OH is 1. The molecule has 4 aromatic rings. The van der Waals surface area contributed by atoms with Crippen LogP contribution < -0.4 is 10.6 Å². The third-order valence-corrected chi connectivity index (χ3v) is 4.79. The van der Waals surface area contributed by atoms with Crippen LogP contribution in [0.1, 0.15) is 28.1 Å². The number of nitrogens with one attached hydrogen (secondary N) is 2. The predicted octanol–water partition coefficient (Wildman–Crippen LogP) is 5.06. The van der Waals surface area contributed by atoms with Gasteiger partial charge >= 0.3 is 0 Å². The number of aryl methyl sites for hydroxylation is 2. The van der Waals surface area contributed by atoms with Crippen molar-refractivity contribution in [3.8, 4) is 0 Å². The maximum absolute atomic E-state index is 9.25. The molecular formula is C25H25N5O. The molecule has 4 rings (SSSR count). The van der Waals surface area contributed by atoms with Crippen LogP contribution in [0.2, 0.25) is 0 Å². The molecular weight excluding hydrogens is 386 g/mol. The number of benzene rings is 3. The zero-order valence-electron chi connectivity index (χ0n) is 17.6. The average Bonchev–Trinajstić information content (AvgIpc) is 2.74. The van der Waals surface area contributed by atoms with Crippen LogP contribution in [0.25, 0.3) is 0 Å². The molecule has 1 heterocycles. The molecule has 0 saturated heterocycles. The zero-order chi connectivity index (χ0) is 21.6. The van der Waals surface area contributed by atoms with Crippen LogP contribution in [0.3, 0.4) is 0 Å². The van der Waals surface area contributed by atoms with Crippen molar-refractivity contribution in [2.24, 2.45) is 0 Å². The second kappa shape index (κ2) is 9.36. The molecule has 0 aliphatic heterocycles. The lowest BCUT2D eigenvalue weighted by Crippen LogP contribution is -2.08. The SMILES string of the molecule is Cc1cccc(Cc2nc(Nc3ccc(CO)cc3)nc(Nc3cccc(C)c3)n2)c1. The monoisotopic (exact) mass is 411 g/mol. The van der Waals surface area contributed by atoms with E-state index in [1.165, 1.54) is 5.56 Å². The van der Waals surface area contributed by atoms with E-state index in [0.29, 0.717) is 24.1 Å². The highest BCUT2D eigenvalue weighted by atomic mass is 16.3. The Balaban J connectivity index is 1.64. The molecule has 156 valence electrons. The van der Waals surface area contributed by atoms with E-state index in [1.807, 2.05) is 61.5 Å². The van der Waals surface area contributed by atoms with Crippen LogP contribution in [0.15, 0.2) is 72.8 Å². The highest BCUT2D eigenvalue weighted by Gasteiger charge is 2.09. The van der Waals surface area contributed by atoms with Crippen molar-refractivity contribution in [1.82, 2.24) is 15.0 Å². The molecule has 3 N–H and O–H groups in total. The normalized spacial score (nSPS) is 10.7. The second-order valence-electron chi connectivity index (χ2n) is 7.54. The largest absolute Gasteiger partial charge is 0.392 e. The lowest BCUT2D eigenvalue weighted by molar-refractivity contribution is 0.282. The first-order valence-corrected chi connectivity index (χ1v) is 10.2. The van der Waals surface area contributed by atoms with Gasteiger partial charge in [-0.15, -0.1) is 0 Å². The molecule has 0 unspecified atom stereocenters. The fourth-order valence-electron chi connectivity index (χ4n) is 3.29. The van der Waals surface area contributed by atoms with Crippen LogP contribution in [0.4, 0.5) is 23.3 Å². The Morgan fingerprint density at radius 2 is 1.32 bits per heavy atom. The smallest absolute Gasteiger partial charge is 0.232 e. The second-order valence-corrected chi connectivity index (χ2v) is 7.54. The van der Waals surface area contributed by atoms with E-state index >= 15 is 0 Å². The first kappa shape index (κ1) is 20.5.